The third kappa shape index (κ3) is 6.64. The Morgan fingerprint density at radius 2 is 0.653 bits per heavy atom. The average Bonchev–Trinajstić information content (AvgIpc) is 3.18. The van der Waals surface area contributed by atoms with Crippen LogP contribution in [0, 0.1) is 34.6 Å². The molecule has 7 aromatic rings. The van der Waals surface area contributed by atoms with Gasteiger partial charge in [-0.1, -0.05) is 91.0 Å². The van der Waals surface area contributed by atoms with Gasteiger partial charge in [-0.2, -0.15) is 10.5 Å². The second-order valence-corrected chi connectivity index (χ2v) is 11.3. The number of hydrogen-bond donors (Lipinski definition) is 1. The van der Waals surface area contributed by atoms with Gasteiger partial charge in [-0.05, 0) is 93.9 Å². The van der Waals surface area contributed by atoms with Crippen molar-refractivity contribution < 1.29 is 0 Å². The molecular formula is C43H26N6. The largest absolute Gasteiger partial charge is 0.359 e. The fourth-order valence-corrected chi connectivity index (χ4v) is 5.67. The van der Waals surface area contributed by atoms with E-state index in [1.54, 1.807) is 12.1 Å². The lowest BCUT2D eigenvalue weighted by Gasteiger charge is -2.11. The summed E-state index contributed by atoms with van der Waals surface area (Å²) in [6.07, 6.45) is 0. The van der Waals surface area contributed by atoms with Gasteiger partial charge in [-0.15, -0.1) is 0 Å². The predicted molar refractivity (Wildman–Crippen MR) is 193 cm³/mol. The number of benzene rings is 6. The molecule has 0 aliphatic heterocycles. The first-order valence-corrected chi connectivity index (χ1v) is 15.5. The summed E-state index contributed by atoms with van der Waals surface area (Å²) in [5.74, 6) is 4.47. The van der Waals surface area contributed by atoms with Gasteiger partial charge in [0.15, 0.2) is 17.5 Å². The SMILES string of the molecule is N#Cc1cccc(-c2cccc(-c3nc(-c4cccc(-c5cccc(C#N)c5)c4)nc(-c4cccc(-c5cccc(C#CN)c5)c4)n3)c2)c1. The first-order chi connectivity index (χ1) is 24.1. The summed E-state index contributed by atoms with van der Waals surface area (Å²) in [4.78, 5) is 15.0. The minimum absolute atomic E-state index is 0.515. The molecule has 0 amide bonds. The van der Waals surface area contributed by atoms with Gasteiger partial charge in [-0.25, -0.2) is 15.0 Å². The van der Waals surface area contributed by atoms with Gasteiger partial charge in [0.25, 0.3) is 0 Å². The maximum absolute atomic E-state index is 9.47. The van der Waals surface area contributed by atoms with Gasteiger partial charge in [-0.3, -0.25) is 0 Å². The van der Waals surface area contributed by atoms with Crippen molar-refractivity contribution in [2.75, 3.05) is 0 Å². The van der Waals surface area contributed by atoms with Crippen molar-refractivity contribution >= 4 is 0 Å². The monoisotopic (exact) mass is 626 g/mol. The second-order valence-electron chi connectivity index (χ2n) is 11.3. The van der Waals surface area contributed by atoms with Crippen LogP contribution in [0.2, 0.25) is 0 Å². The van der Waals surface area contributed by atoms with Crippen LogP contribution in [-0.4, -0.2) is 15.0 Å². The molecule has 0 aliphatic carbocycles. The Labute approximate surface area is 284 Å². The molecule has 7 rings (SSSR count). The summed E-state index contributed by atoms with van der Waals surface area (Å²) in [6.45, 7) is 0. The first-order valence-electron chi connectivity index (χ1n) is 15.5. The molecule has 0 saturated carbocycles. The number of nitriles is 2. The second kappa shape index (κ2) is 13.6. The van der Waals surface area contributed by atoms with Crippen LogP contribution in [0.3, 0.4) is 0 Å². The molecular weight excluding hydrogens is 601 g/mol. The Morgan fingerprint density at radius 1 is 0.367 bits per heavy atom. The van der Waals surface area contributed by atoms with Crippen molar-refractivity contribution in [2.45, 2.75) is 0 Å². The Balaban J connectivity index is 1.37. The molecule has 0 spiro atoms. The third-order valence-electron chi connectivity index (χ3n) is 8.06. The summed E-state index contributed by atoms with van der Waals surface area (Å²) in [7, 11) is 0. The minimum Gasteiger partial charge on any atom is -0.359 e. The molecule has 0 atom stereocenters. The Hall–Kier alpha value is -7.33. The first kappa shape index (κ1) is 30.3. The van der Waals surface area contributed by atoms with E-state index in [0.29, 0.717) is 28.6 Å². The van der Waals surface area contributed by atoms with Crippen LogP contribution in [0.5, 0.6) is 0 Å². The molecule has 0 bridgehead atoms. The van der Waals surface area contributed by atoms with E-state index < -0.39 is 0 Å². The number of nitrogens with zero attached hydrogens (tertiary/aromatic N) is 5. The quantitative estimate of drug-likeness (QED) is 0.146. The summed E-state index contributed by atoms with van der Waals surface area (Å²) >= 11 is 0. The number of nitrogens with two attached hydrogens (primary N) is 1. The number of aromatic nitrogens is 3. The Kier molecular flexibility index (Phi) is 8.40. The summed E-state index contributed by atoms with van der Waals surface area (Å²) in [6, 6.07) is 53.9. The van der Waals surface area contributed by atoms with E-state index in [-0.39, 0.29) is 0 Å². The van der Waals surface area contributed by atoms with Crippen LogP contribution in [0.4, 0.5) is 0 Å². The zero-order valence-electron chi connectivity index (χ0n) is 26.2. The van der Waals surface area contributed by atoms with Crippen molar-refractivity contribution in [1.82, 2.24) is 15.0 Å². The molecule has 0 radical (unpaired) electrons. The molecule has 6 heteroatoms. The Morgan fingerprint density at radius 3 is 1.00 bits per heavy atom. The molecule has 6 aromatic carbocycles. The standard InChI is InChI=1S/C43H26N6/c44-20-19-29-7-1-10-32(21-29)35-13-4-16-38(24-35)41-47-42(39-17-5-14-36(25-39)33-11-2-8-30(22-33)27-45)49-43(48-41)40-18-6-15-37(26-40)34-12-3-9-31(23-34)28-46/h1-18,21-26H,44H2. The van der Waals surface area contributed by atoms with Crippen molar-refractivity contribution in [3.05, 3.63) is 162 Å². The van der Waals surface area contributed by atoms with Crippen molar-refractivity contribution in [3.63, 3.8) is 0 Å². The van der Waals surface area contributed by atoms with E-state index in [1.807, 2.05) is 127 Å². The van der Waals surface area contributed by atoms with E-state index >= 15 is 0 Å². The molecule has 0 unspecified atom stereocenters. The molecule has 228 valence electrons. The number of hydrogen-bond acceptors (Lipinski definition) is 6. The molecule has 1 aromatic heterocycles. The van der Waals surface area contributed by atoms with Crippen LogP contribution < -0.4 is 5.73 Å². The maximum atomic E-state index is 9.47. The topological polar surface area (TPSA) is 112 Å². The Bertz CT molecular complexity index is 2390. The highest BCUT2D eigenvalue weighted by Crippen LogP contribution is 2.32. The van der Waals surface area contributed by atoms with E-state index in [4.69, 9.17) is 20.7 Å². The van der Waals surface area contributed by atoms with Gasteiger partial charge in [0.1, 0.15) is 0 Å². The zero-order chi connectivity index (χ0) is 33.6. The van der Waals surface area contributed by atoms with Crippen molar-refractivity contribution in [2.24, 2.45) is 5.73 Å². The smallest absolute Gasteiger partial charge is 0.164 e. The lowest BCUT2D eigenvalue weighted by Crippen LogP contribution is -2.00. The molecule has 0 fully saturated rings. The highest BCUT2D eigenvalue weighted by molar-refractivity contribution is 5.77. The fourth-order valence-electron chi connectivity index (χ4n) is 5.67. The molecule has 1 heterocycles. The highest BCUT2D eigenvalue weighted by atomic mass is 15.0. The summed E-state index contributed by atoms with van der Waals surface area (Å²) in [5, 5.41) is 18.9. The summed E-state index contributed by atoms with van der Waals surface area (Å²) in [5.41, 5.74) is 15.7. The third-order valence-corrected chi connectivity index (χ3v) is 8.06. The zero-order valence-corrected chi connectivity index (χ0v) is 26.2. The van der Waals surface area contributed by atoms with Crippen LogP contribution in [0.25, 0.3) is 67.5 Å². The predicted octanol–water partition coefficient (Wildman–Crippen LogP) is 8.88. The molecule has 0 saturated heterocycles. The van der Waals surface area contributed by atoms with Gasteiger partial charge < -0.3 is 5.73 Å². The molecule has 2 N–H and O–H groups in total. The number of rotatable bonds is 6. The van der Waals surface area contributed by atoms with Gasteiger partial charge in [0, 0.05) is 28.3 Å². The molecule has 0 aliphatic rings. The van der Waals surface area contributed by atoms with E-state index in [0.717, 1.165) is 55.6 Å². The molecule has 6 nitrogen and oxygen atoms in total. The van der Waals surface area contributed by atoms with E-state index in [1.165, 1.54) is 0 Å². The van der Waals surface area contributed by atoms with E-state index in [2.05, 4.69) is 30.2 Å². The lowest BCUT2D eigenvalue weighted by atomic mass is 10.00. The molecule has 49 heavy (non-hydrogen) atoms. The normalized spacial score (nSPS) is 10.3. The van der Waals surface area contributed by atoms with Gasteiger partial charge in [0.2, 0.25) is 0 Å². The lowest BCUT2D eigenvalue weighted by molar-refractivity contribution is 1.07. The highest BCUT2D eigenvalue weighted by Gasteiger charge is 2.15. The van der Waals surface area contributed by atoms with Gasteiger partial charge in [0.05, 0.1) is 23.3 Å². The van der Waals surface area contributed by atoms with Gasteiger partial charge >= 0.3 is 0 Å². The van der Waals surface area contributed by atoms with Crippen LogP contribution in [-0.2, 0) is 0 Å². The van der Waals surface area contributed by atoms with Crippen LogP contribution in [0.1, 0.15) is 16.7 Å². The van der Waals surface area contributed by atoms with Crippen molar-refractivity contribution in [1.29, 1.82) is 10.5 Å². The van der Waals surface area contributed by atoms with Crippen LogP contribution >= 0.6 is 0 Å². The minimum atomic E-state index is 0.515. The average molecular weight is 627 g/mol. The van der Waals surface area contributed by atoms with Crippen LogP contribution in [0.15, 0.2) is 146 Å². The fraction of sp³-hybridized carbons (Fsp3) is 0. The maximum Gasteiger partial charge on any atom is 0.164 e. The van der Waals surface area contributed by atoms with Crippen molar-refractivity contribution in [3.8, 4) is 91.6 Å². The summed E-state index contributed by atoms with van der Waals surface area (Å²) < 4.78 is 0. The van der Waals surface area contributed by atoms with E-state index in [9.17, 15) is 10.5 Å².